The molecule has 0 fully saturated rings. The number of thiol groups is 1. The van der Waals surface area contributed by atoms with Crippen LogP contribution in [0.3, 0.4) is 0 Å². The molecule has 0 aliphatic heterocycles. The number of rotatable bonds is 2. The molecule has 0 aliphatic carbocycles. The van der Waals surface area contributed by atoms with Gasteiger partial charge >= 0.3 is 59.1 Å². The van der Waals surface area contributed by atoms with Crippen LogP contribution in [-0.4, -0.2) is 5.12 Å². The van der Waals surface area contributed by atoms with Gasteiger partial charge in [0.05, 0.1) is 0 Å². The van der Waals surface area contributed by atoms with E-state index in [0.717, 1.165) is 11.1 Å². The number of carbonyl (C=O) groups excluding carboxylic acids is 1. The first kappa shape index (κ1) is 17.5. The molecule has 2 aromatic rings. The summed E-state index contributed by atoms with van der Waals surface area (Å²) in [4.78, 5) is 11.3. The molecule has 0 saturated heterocycles. The fourth-order valence-electron chi connectivity index (χ4n) is 1.54. The van der Waals surface area contributed by atoms with E-state index in [1.54, 1.807) is 6.07 Å². The first-order valence-electron chi connectivity index (χ1n) is 4.67. The van der Waals surface area contributed by atoms with E-state index in [-0.39, 0.29) is 67.1 Å². The molecule has 0 atom stereocenters. The van der Waals surface area contributed by atoms with Crippen molar-refractivity contribution < 1.29 is 66.8 Å². The fourth-order valence-corrected chi connectivity index (χ4v) is 1.73. The van der Waals surface area contributed by atoms with E-state index < -0.39 is 0 Å². The predicted octanol–water partition coefficient (Wildman–Crippen LogP) is -2.34. The zero-order valence-electron chi connectivity index (χ0n) is 12.1. The largest absolute Gasteiger partial charge is 1.00 e. The summed E-state index contributed by atoms with van der Waals surface area (Å²) < 4.78 is 0. The SMILES string of the molecule is O=C(S)c1ccccc1-c1ccccc1.[H-].[H-].[Na+].[Na+]. The number of carbonyl (C=O) groups is 1. The molecule has 0 aromatic heterocycles. The quantitative estimate of drug-likeness (QED) is 0.474. The van der Waals surface area contributed by atoms with Crippen LogP contribution in [0, 0.1) is 0 Å². The topological polar surface area (TPSA) is 17.1 Å². The summed E-state index contributed by atoms with van der Waals surface area (Å²) in [5, 5.41) is -0.200. The second-order valence-electron chi connectivity index (χ2n) is 3.22. The maximum absolute atomic E-state index is 11.3. The van der Waals surface area contributed by atoms with E-state index in [0.29, 0.717) is 5.56 Å². The van der Waals surface area contributed by atoms with Crippen LogP contribution in [0.1, 0.15) is 13.2 Å². The van der Waals surface area contributed by atoms with Crippen molar-refractivity contribution >= 4 is 17.7 Å². The summed E-state index contributed by atoms with van der Waals surface area (Å²) in [6, 6.07) is 17.3. The Morgan fingerprint density at radius 1 is 0.882 bits per heavy atom. The van der Waals surface area contributed by atoms with Crippen LogP contribution in [0.4, 0.5) is 0 Å². The van der Waals surface area contributed by atoms with E-state index in [2.05, 4.69) is 12.6 Å². The fraction of sp³-hybridized carbons (Fsp3) is 0. The molecule has 2 rings (SSSR count). The van der Waals surface area contributed by atoms with Crippen LogP contribution in [0.25, 0.3) is 11.1 Å². The van der Waals surface area contributed by atoms with Crippen LogP contribution in [0.15, 0.2) is 54.6 Å². The molecule has 0 aliphatic rings. The van der Waals surface area contributed by atoms with Crippen molar-refractivity contribution in [2.24, 2.45) is 0 Å². The van der Waals surface area contributed by atoms with Gasteiger partial charge in [-0.3, -0.25) is 4.79 Å². The van der Waals surface area contributed by atoms with Gasteiger partial charge in [-0.2, -0.15) is 0 Å². The molecule has 0 bridgehead atoms. The Hall–Kier alpha value is 0.460. The molecule has 0 N–H and O–H groups in total. The Morgan fingerprint density at radius 3 is 2.00 bits per heavy atom. The molecule has 78 valence electrons. The Labute approximate surface area is 154 Å². The predicted molar refractivity (Wildman–Crippen MR) is 67.4 cm³/mol. The standard InChI is InChI=1S/C13H10OS.2Na.2H/c14-13(15)12-9-5-4-8-11(12)10-6-2-1-3-7-10;;;;/h1-9H,(H,14,15);;;;/q;2*+1;2*-1. The Morgan fingerprint density at radius 2 is 1.41 bits per heavy atom. The van der Waals surface area contributed by atoms with Gasteiger partial charge in [0.1, 0.15) is 0 Å². The average molecular weight is 262 g/mol. The summed E-state index contributed by atoms with van der Waals surface area (Å²) in [6.45, 7) is 0. The van der Waals surface area contributed by atoms with E-state index in [4.69, 9.17) is 0 Å². The molecular weight excluding hydrogens is 250 g/mol. The normalized spacial score (nSPS) is 8.76. The van der Waals surface area contributed by atoms with Crippen molar-refractivity contribution in [3.8, 4) is 11.1 Å². The Bertz CT molecular complexity index is 495. The Kier molecular flexibility index (Phi) is 8.77. The molecule has 2 aromatic carbocycles. The van der Waals surface area contributed by atoms with Gasteiger partial charge in [-0.1, -0.05) is 48.5 Å². The van der Waals surface area contributed by atoms with Crippen molar-refractivity contribution in [1.82, 2.24) is 0 Å². The van der Waals surface area contributed by atoms with E-state index in [1.807, 2.05) is 48.5 Å². The van der Waals surface area contributed by atoms with Crippen molar-refractivity contribution in [1.29, 1.82) is 0 Å². The first-order chi connectivity index (χ1) is 7.29. The first-order valence-corrected chi connectivity index (χ1v) is 5.11. The number of benzene rings is 2. The van der Waals surface area contributed by atoms with Crippen molar-refractivity contribution in [3.05, 3.63) is 60.2 Å². The molecule has 0 radical (unpaired) electrons. The van der Waals surface area contributed by atoms with Crippen LogP contribution in [0.2, 0.25) is 0 Å². The van der Waals surface area contributed by atoms with Crippen molar-refractivity contribution in [2.45, 2.75) is 0 Å². The van der Waals surface area contributed by atoms with Gasteiger partial charge in [0.15, 0.2) is 0 Å². The third kappa shape index (κ3) is 4.56. The zero-order chi connectivity index (χ0) is 10.7. The van der Waals surface area contributed by atoms with E-state index in [9.17, 15) is 4.79 Å². The minimum atomic E-state index is -0.200. The maximum Gasteiger partial charge on any atom is 1.00 e. The zero-order valence-corrected chi connectivity index (χ0v) is 14.9. The van der Waals surface area contributed by atoms with Crippen LogP contribution in [-0.2, 0) is 0 Å². The third-order valence-electron chi connectivity index (χ3n) is 2.24. The van der Waals surface area contributed by atoms with E-state index in [1.165, 1.54) is 0 Å². The minimum Gasteiger partial charge on any atom is -1.00 e. The smallest absolute Gasteiger partial charge is 1.00 e. The third-order valence-corrected chi connectivity index (χ3v) is 2.48. The molecule has 0 saturated carbocycles. The molecular formula is C13H12Na2OS. The van der Waals surface area contributed by atoms with Crippen molar-refractivity contribution in [3.63, 3.8) is 0 Å². The van der Waals surface area contributed by atoms with Gasteiger partial charge in [-0.25, -0.2) is 0 Å². The molecule has 4 heteroatoms. The molecule has 17 heavy (non-hydrogen) atoms. The molecule has 0 spiro atoms. The van der Waals surface area contributed by atoms with E-state index >= 15 is 0 Å². The van der Waals surface area contributed by atoms with Crippen LogP contribution >= 0.6 is 12.6 Å². The van der Waals surface area contributed by atoms with Crippen LogP contribution in [0.5, 0.6) is 0 Å². The van der Waals surface area contributed by atoms with Gasteiger partial charge in [-0.05, 0) is 17.2 Å². The van der Waals surface area contributed by atoms with Gasteiger partial charge in [0.25, 0.3) is 0 Å². The number of hydrogen-bond donors (Lipinski definition) is 1. The summed E-state index contributed by atoms with van der Waals surface area (Å²) in [5.74, 6) is 0. The molecule has 0 amide bonds. The van der Waals surface area contributed by atoms with Gasteiger partial charge in [0.2, 0.25) is 5.12 Å². The summed E-state index contributed by atoms with van der Waals surface area (Å²) in [6.07, 6.45) is 0. The molecule has 0 heterocycles. The van der Waals surface area contributed by atoms with Gasteiger partial charge in [-0.15, -0.1) is 12.6 Å². The summed E-state index contributed by atoms with van der Waals surface area (Å²) >= 11 is 3.87. The second-order valence-corrected chi connectivity index (χ2v) is 3.62. The van der Waals surface area contributed by atoms with Gasteiger partial charge < -0.3 is 2.85 Å². The average Bonchev–Trinajstić information content (AvgIpc) is 2.30. The minimum absolute atomic E-state index is 0. The molecule has 0 unspecified atom stereocenters. The van der Waals surface area contributed by atoms with Crippen LogP contribution < -0.4 is 59.1 Å². The maximum atomic E-state index is 11.3. The van der Waals surface area contributed by atoms with Gasteiger partial charge in [0, 0.05) is 5.56 Å². The monoisotopic (exact) mass is 262 g/mol. The molecule has 1 nitrogen and oxygen atoms in total. The summed E-state index contributed by atoms with van der Waals surface area (Å²) in [7, 11) is 0. The second kappa shape index (κ2) is 8.54. The summed E-state index contributed by atoms with van der Waals surface area (Å²) in [5.41, 5.74) is 2.61. The van der Waals surface area contributed by atoms with Crippen molar-refractivity contribution in [2.75, 3.05) is 0 Å². The number of hydrogen-bond acceptors (Lipinski definition) is 1. The Balaban J connectivity index is -0.000000640.